The molecule has 0 radical (unpaired) electrons. The van der Waals surface area contributed by atoms with Crippen molar-refractivity contribution < 1.29 is 0 Å². The highest BCUT2D eigenvalue weighted by atomic mass is 31.1. The van der Waals surface area contributed by atoms with Crippen LogP contribution in [0.2, 0.25) is 0 Å². The Morgan fingerprint density at radius 2 is 0.879 bits per heavy atom. The zero-order valence-electron chi connectivity index (χ0n) is 18.2. The molecule has 0 heterocycles. The van der Waals surface area contributed by atoms with Gasteiger partial charge in [-0.15, -0.1) is 0 Å². The van der Waals surface area contributed by atoms with Crippen LogP contribution in [0.5, 0.6) is 0 Å². The lowest BCUT2D eigenvalue weighted by Gasteiger charge is -2.23. The van der Waals surface area contributed by atoms with Gasteiger partial charge in [-0.2, -0.15) is 0 Å². The van der Waals surface area contributed by atoms with Crippen molar-refractivity contribution in [2.45, 2.75) is 0 Å². The molecule has 33 heavy (non-hydrogen) atoms. The Kier molecular flexibility index (Phi) is 5.23. The van der Waals surface area contributed by atoms with E-state index in [0.717, 1.165) is 0 Å². The van der Waals surface area contributed by atoms with Crippen molar-refractivity contribution in [1.82, 2.24) is 0 Å². The van der Waals surface area contributed by atoms with Gasteiger partial charge in [0, 0.05) is 0 Å². The highest BCUT2D eigenvalue weighted by molar-refractivity contribution is 7.80. The van der Waals surface area contributed by atoms with Crippen LogP contribution in [0.25, 0.3) is 32.7 Å². The van der Waals surface area contributed by atoms with Crippen molar-refractivity contribution in [3.63, 3.8) is 0 Å². The van der Waals surface area contributed by atoms with Crippen molar-refractivity contribution in [3.05, 3.63) is 140 Å². The topological polar surface area (TPSA) is 0 Å². The van der Waals surface area contributed by atoms with E-state index >= 15 is 0 Å². The second kappa shape index (κ2) is 8.66. The predicted octanol–water partition coefficient (Wildman–Crippen LogP) is 7.42. The maximum atomic E-state index is 2.35. The third-order valence-corrected chi connectivity index (χ3v) is 8.71. The first kappa shape index (κ1) is 19.9. The first-order valence-electron chi connectivity index (χ1n) is 11.3. The van der Waals surface area contributed by atoms with E-state index in [1.807, 2.05) is 0 Å². The molecule has 6 aromatic rings. The Morgan fingerprint density at radius 1 is 0.364 bits per heavy atom. The third kappa shape index (κ3) is 3.74. The minimum absolute atomic E-state index is 0.680. The maximum absolute atomic E-state index is 2.35. The highest BCUT2D eigenvalue weighted by Gasteiger charge is 2.20. The molecule has 0 nitrogen and oxygen atoms in total. The first-order valence-corrected chi connectivity index (χ1v) is 12.6. The SMILES string of the molecule is c1ccc(P(c2ccccc2)c2ccccc2-c2cccc3cc4ccccc4cc23)cc1. The molecular formula is C32H23P. The second-order valence-corrected chi connectivity index (χ2v) is 10.4. The van der Waals surface area contributed by atoms with Crippen LogP contribution in [0.15, 0.2) is 140 Å². The van der Waals surface area contributed by atoms with E-state index in [1.54, 1.807) is 0 Å². The molecule has 0 aromatic heterocycles. The van der Waals surface area contributed by atoms with E-state index in [4.69, 9.17) is 0 Å². The highest BCUT2D eigenvalue weighted by Crippen LogP contribution is 2.39. The number of hydrogen-bond donors (Lipinski definition) is 0. The Labute approximate surface area is 195 Å². The van der Waals surface area contributed by atoms with Crippen molar-refractivity contribution in [2.75, 3.05) is 0 Å². The van der Waals surface area contributed by atoms with Crippen LogP contribution in [0.4, 0.5) is 0 Å². The molecule has 0 N–H and O–H groups in total. The predicted molar refractivity (Wildman–Crippen MR) is 146 cm³/mol. The average molecular weight is 439 g/mol. The molecule has 0 amide bonds. The fourth-order valence-electron chi connectivity index (χ4n) is 4.68. The van der Waals surface area contributed by atoms with Crippen molar-refractivity contribution in [2.24, 2.45) is 0 Å². The smallest absolute Gasteiger partial charge is 0.00724 e. The second-order valence-electron chi connectivity index (χ2n) is 8.25. The number of fused-ring (bicyclic) bond motifs is 2. The molecule has 0 saturated heterocycles. The van der Waals surface area contributed by atoms with E-state index in [2.05, 4.69) is 140 Å². The van der Waals surface area contributed by atoms with Crippen LogP contribution in [0.3, 0.4) is 0 Å². The molecule has 156 valence electrons. The van der Waals surface area contributed by atoms with Crippen LogP contribution in [0.1, 0.15) is 0 Å². The quantitative estimate of drug-likeness (QED) is 0.198. The van der Waals surface area contributed by atoms with Gasteiger partial charge in [-0.3, -0.25) is 0 Å². The van der Waals surface area contributed by atoms with Gasteiger partial charge in [0.05, 0.1) is 0 Å². The van der Waals surface area contributed by atoms with Gasteiger partial charge in [0.25, 0.3) is 0 Å². The Morgan fingerprint density at radius 3 is 1.58 bits per heavy atom. The van der Waals surface area contributed by atoms with E-state index in [0.29, 0.717) is 0 Å². The Hall–Kier alpha value is -3.73. The van der Waals surface area contributed by atoms with Gasteiger partial charge in [-0.25, -0.2) is 0 Å². The molecule has 0 aliphatic rings. The van der Waals surface area contributed by atoms with Crippen LogP contribution in [-0.2, 0) is 0 Å². The monoisotopic (exact) mass is 438 g/mol. The van der Waals surface area contributed by atoms with Crippen LogP contribution < -0.4 is 15.9 Å². The lowest BCUT2D eigenvalue weighted by molar-refractivity contribution is 1.69. The number of benzene rings is 6. The summed E-state index contributed by atoms with van der Waals surface area (Å²) in [5.74, 6) is 0. The summed E-state index contributed by atoms with van der Waals surface area (Å²) in [7, 11) is -0.680. The van der Waals surface area contributed by atoms with Gasteiger partial charge in [-0.05, 0) is 68.6 Å². The average Bonchev–Trinajstić information content (AvgIpc) is 2.89. The van der Waals surface area contributed by atoms with Gasteiger partial charge >= 0.3 is 0 Å². The summed E-state index contributed by atoms with van der Waals surface area (Å²) >= 11 is 0. The molecule has 0 atom stereocenters. The largest absolute Gasteiger partial charge is 0.0622 e. The fourth-order valence-corrected chi connectivity index (χ4v) is 7.15. The van der Waals surface area contributed by atoms with Gasteiger partial charge in [0.1, 0.15) is 0 Å². The molecule has 0 fully saturated rings. The van der Waals surface area contributed by atoms with Crippen molar-refractivity contribution in [1.29, 1.82) is 0 Å². The summed E-state index contributed by atoms with van der Waals surface area (Å²) < 4.78 is 0. The summed E-state index contributed by atoms with van der Waals surface area (Å²) in [4.78, 5) is 0. The molecule has 1 heteroatoms. The Bertz CT molecular complexity index is 1510. The van der Waals surface area contributed by atoms with Gasteiger partial charge in [0.15, 0.2) is 0 Å². The molecule has 0 aliphatic carbocycles. The molecule has 6 aromatic carbocycles. The van der Waals surface area contributed by atoms with Gasteiger partial charge in [-0.1, -0.05) is 127 Å². The van der Waals surface area contributed by atoms with Crippen LogP contribution >= 0.6 is 7.92 Å². The summed E-state index contributed by atoms with van der Waals surface area (Å²) in [6.07, 6.45) is 0. The maximum Gasteiger partial charge on any atom is -0.00724 e. The van der Waals surface area contributed by atoms with Crippen molar-refractivity contribution >= 4 is 45.4 Å². The third-order valence-electron chi connectivity index (χ3n) is 6.21. The van der Waals surface area contributed by atoms with E-state index in [1.165, 1.54) is 48.6 Å². The standard InChI is InChI=1S/C32H23P/c1-3-15-27(16-4-1)33(28-17-5-2-6-18-28)32-21-10-9-19-30(32)29-20-11-14-26-22-24-12-7-8-13-25(24)23-31(26)29/h1-23H. The molecule has 0 spiro atoms. The van der Waals surface area contributed by atoms with Crippen LogP contribution in [-0.4, -0.2) is 0 Å². The van der Waals surface area contributed by atoms with Gasteiger partial charge in [0.2, 0.25) is 0 Å². The summed E-state index contributed by atoms with van der Waals surface area (Å²) in [5, 5.41) is 9.29. The van der Waals surface area contributed by atoms with E-state index in [9.17, 15) is 0 Å². The first-order chi connectivity index (χ1) is 16.4. The lowest BCUT2D eigenvalue weighted by atomic mass is 9.95. The molecule has 0 aliphatic heterocycles. The fraction of sp³-hybridized carbons (Fsp3) is 0. The molecule has 6 rings (SSSR count). The normalized spacial score (nSPS) is 11.3. The molecule has 0 bridgehead atoms. The zero-order valence-corrected chi connectivity index (χ0v) is 19.1. The lowest BCUT2D eigenvalue weighted by Crippen LogP contribution is -2.22. The molecule has 0 saturated carbocycles. The van der Waals surface area contributed by atoms with E-state index in [-0.39, 0.29) is 0 Å². The molecule has 0 unspecified atom stereocenters. The Balaban J connectivity index is 1.62. The summed E-state index contributed by atoms with van der Waals surface area (Å²) in [6, 6.07) is 50.8. The minimum atomic E-state index is -0.680. The zero-order chi connectivity index (χ0) is 22.0. The van der Waals surface area contributed by atoms with Gasteiger partial charge < -0.3 is 0 Å². The van der Waals surface area contributed by atoms with E-state index < -0.39 is 7.92 Å². The van der Waals surface area contributed by atoms with Crippen LogP contribution in [0, 0.1) is 0 Å². The summed E-state index contributed by atoms with van der Waals surface area (Å²) in [6.45, 7) is 0. The minimum Gasteiger partial charge on any atom is -0.0622 e. The molecular weight excluding hydrogens is 415 g/mol. The van der Waals surface area contributed by atoms with Crippen molar-refractivity contribution in [3.8, 4) is 11.1 Å². The summed E-state index contributed by atoms with van der Waals surface area (Å²) in [5.41, 5.74) is 2.62. The number of hydrogen-bond acceptors (Lipinski definition) is 0. The number of rotatable bonds is 4.